The van der Waals surface area contributed by atoms with Gasteiger partial charge in [0.15, 0.2) is 0 Å². The van der Waals surface area contributed by atoms with Gasteiger partial charge < -0.3 is 15.5 Å². The van der Waals surface area contributed by atoms with Crippen molar-refractivity contribution in [2.24, 2.45) is 5.92 Å². The summed E-state index contributed by atoms with van der Waals surface area (Å²) < 4.78 is 13.0. The van der Waals surface area contributed by atoms with Crippen LogP contribution in [0.5, 0.6) is 0 Å². The van der Waals surface area contributed by atoms with Crippen LogP contribution in [-0.2, 0) is 0 Å². The van der Waals surface area contributed by atoms with Crippen molar-refractivity contribution in [3.8, 4) is 0 Å². The first kappa shape index (κ1) is 20.8. The summed E-state index contributed by atoms with van der Waals surface area (Å²) in [4.78, 5) is 26.4. The fraction of sp³-hybridized carbons (Fsp3) is 0.391. The number of hydrogen-bond donors (Lipinski definition) is 2. The highest BCUT2D eigenvalue weighted by Crippen LogP contribution is 2.22. The lowest BCUT2D eigenvalue weighted by Crippen LogP contribution is -2.39. The standard InChI is InChI=1S/C23H28FN3O2/c1-16-4-3-5-21(17(16)2)26-23(29)25-13-10-18-11-14-27(15-12-18)22(28)19-6-8-20(24)9-7-19/h3-9,18H,10-15H2,1-2H3,(H2,25,26,29). The molecule has 1 fully saturated rings. The molecule has 3 rings (SSSR count). The van der Waals surface area contributed by atoms with Crippen molar-refractivity contribution in [3.05, 3.63) is 65.0 Å². The van der Waals surface area contributed by atoms with Crippen LogP contribution in [0.25, 0.3) is 0 Å². The minimum absolute atomic E-state index is 0.0468. The van der Waals surface area contributed by atoms with Gasteiger partial charge in [-0.25, -0.2) is 9.18 Å². The van der Waals surface area contributed by atoms with Crippen molar-refractivity contribution in [2.75, 3.05) is 25.0 Å². The van der Waals surface area contributed by atoms with E-state index < -0.39 is 0 Å². The molecule has 0 atom stereocenters. The molecule has 1 heterocycles. The van der Waals surface area contributed by atoms with Crippen LogP contribution in [0.15, 0.2) is 42.5 Å². The zero-order valence-corrected chi connectivity index (χ0v) is 17.0. The van der Waals surface area contributed by atoms with Gasteiger partial charge >= 0.3 is 6.03 Å². The van der Waals surface area contributed by atoms with E-state index in [2.05, 4.69) is 10.6 Å². The van der Waals surface area contributed by atoms with E-state index in [4.69, 9.17) is 0 Å². The zero-order chi connectivity index (χ0) is 20.8. The molecule has 0 aliphatic carbocycles. The summed E-state index contributed by atoms with van der Waals surface area (Å²) in [5, 5.41) is 5.83. The number of carbonyl (C=O) groups is 2. The molecule has 1 saturated heterocycles. The van der Waals surface area contributed by atoms with Crippen LogP contribution in [0, 0.1) is 25.6 Å². The quantitative estimate of drug-likeness (QED) is 0.780. The SMILES string of the molecule is Cc1cccc(NC(=O)NCCC2CCN(C(=O)c3ccc(F)cc3)CC2)c1C. The topological polar surface area (TPSA) is 61.4 Å². The number of likely N-dealkylation sites (tertiary alicyclic amines) is 1. The average molecular weight is 397 g/mol. The lowest BCUT2D eigenvalue weighted by atomic mass is 9.93. The summed E-state index contributed by atoms with van der Waals surface area (Å²) in [5.41, 5.74) is 3.57. The van der Waals surface area contributed by atoms with Crippen molar-refractivity contribution < 1.29 is 14.0 Å². The Labute approximate surface area is 171 Å². The first-order chi connectivity index (χ1) is 13.9. The Kier molecular flexibility index (Phi) is 6.86. The van der Waals surface area contributed by atoms with Gasteiger partial charge in [-0.15, -0.1) is 0 Å². The average Bonchev–Trinajstić information content (AvgIpc) is 2.72. The number of anilines is 1. The maximum atomic E-state index is 13.0. The fourth-order valence-corrected chi connectivity index (χ4v) is 3.64. The normalized spacial score (nSPS) is 14.5. The van der Waals surface area contributed by atoms with Crippen LogP contribution < -0.4 is 10.6 Å². The molecule has 2 aromatic rings. The van der Waals surface area contributed by atoms with Gasteiger partial charge in [0.1, 0.15) is 5.82 Å². The summed E-state index contributed by atoms with van der Waals surface area (Å²) in [6.45, 7) is 6.00. The van der Waals surface area contributed by atoms with E-state index in [0.717, 1.165) is 36.1 Å². The minimum Gasteiger partial charge on any atom is -0.339 e. The van der Waals surface area contributed by atoms with Gasteiger partial charge in [0, 0.05) is 30.9 Å². The molecule has 0 spiro atoms. The Morgan fingerprint density at radius 1 is 1.07 bits per heavy atom. The number of carbonyl (C=O) groups excluding carboxylic acids is 2. The highest BCUT2D eigenvalue weighted by Gasteiger charge is 2.23. The predicted octanol–water partition coefficient (Wildman–Crippen LogP) is 4.51. The highest BCUT2D eigenvalue weighted by atomic mass is 19.1. The first-order valence-electron chi connectivity index (χ1n) is 10.1. The minimum atomic E-state index is -0.339. The molecule has 6 heteroatoms. The summed E-state index contributed by atoms with van der Waals surface area (Å²) in [6.07, 6.45) is 2.71. The van der Waals surface area contributed by atoms with E-state index in [0.29, 0.717) is 31.1 Å². The Morgan fingerprint density at radius 2 is 1.76 bits per heavy atom. The number of rotatable bonds is 5. The molecule has 3 amide bonds. The molecular formula is C23H28FN3O2. The molecule has 29 heavy (non-hydrogen) atoms. The summed E-state index contributed by atoms with van der Waals surface area (Å²) in [6, 6.07) is 11.3. The van der Waals surface area contributed by atoms with Gasteiger partial charge in [0.25, 0.3) is 5.91 Å². The molecule has 0 aromatic heterocycles. The number of nitrogens with one attached hydrogen (secondary N) is 2. The smallest absolute Gasteiger partial charge is 0.319 e. The van der Waals surface area contributed by atoms with Gasteiger partial charge in [-0.2, -0.15) is 0 Å². The van der Waals surface area contributed by atoms with Crippen LogP contribution >= 0.6 is 0 Å². The van der Waals surface area contributed by atoms with Crippen molar-refractivity contribution in [2.45, 2.75) is 33.1 Å². The van der Waals surface area contributed by atoms with Gasteiger partial charge in [0.05, 0.1) is 0 Å². The number of amides is 3. The number of hydrogen-bond acceptors (Lipinski definition) is 2. The van der Waals surface area contributed by atoms with E-state index in [1.807, 2.05) is 36.9 Å². The largest absolute Gasteiger partial charge is 0.339 e. The number of piperidine rings is 1. The maximum Gasteiger partial charge on any atom is 0.319 e. The van der Waals surface area contributed by atoms with Crippen LogP contribution in [-0.4, -0.2) is 36.5 Å². The van der Waals surface area contributed by atoms with Gasteiger partial charge in [0.2, 0.25) is 0 Å². The highest BCUT2D eigenvalue weighted by molar-refractivity contribution is 5.94. The molecular weight excluding hydrogens is 369 g/mol. The molecule has 2 N–H and O–H groups in total. The Morgan fingerprint density at radius 3 is 2.45 bits per heavy atom. The van der Waals surface area contributed by atoms with Gasteiger partial charge in [-0.1, -0.05) is 12.1 Å². The van der Waals surface area contributed by atoms with E-state index in [1.54, 1.807) is 0 Å². The third-order valence-electron chi connectivity index (χ3n) is 5.68. The summed E-state index contributed by atoms with van der Waals surface area (Å²) in [5.74, 6) is 0.0945. The third kappa shape index (κ3) is 5.56. The lowest BCUT2D eigenvalue weighted by Gasteiger charge is -2.32. The molecule has 1 aliphatic rings. The predicted molar refractivity (Wildman–Crippen MR) is 113 cm³/mol. The van der Waals surface area contributed by atoms with E-state index in [9.17, 15) is 14.0 Å². The van der Waals surface area contributed by atoms with E-state index >= 15 is 0 Å². The molecule has 0 radical (unpaired) electrons. The number of nitrogens with zero attached hydrogens (tertiary/aromatic N) is 1. The summed E-state index contributed by atoms with van der Waals surface area (Å²) >= 11 is 0. The third-order valence-corrected chi connectivity index (χ3v) is 5.68. The lowest BCUT2D eigenvalue weighted by molar-refractivity contribution is 0.0687. The van der Waals surface area contributed by atoms with E-state index in [-0.39, 0.29) is 17.8 Å². The Bertz CT molecular complexity index is 859. The molecule has 2 aromatic carbocycles. The Hall–Kier alpha value is -2.89. The number of urea groups is 1. The van der Waals surface area contributed by atoms with Crippen LogP contribution in [0.3, 0.4) is 0 Å². The van der Waals surface area contributed by atoms with Gasteiger partial charge in [-0.3, -0.25) is 4.79 Å². The van der Waals surface area contributed by atoms with Crippen molar-refractivity contribution in [3.63, 3.8) is 0 Å². The van der Waals surface area contributed by atoms with E-state index in [1.165, 1.54) is 24.3 Å². The number of aryl methyl sites for hydroxylation is 1. The van der Waals surface area contributed by atoms with Crippen molar-refractivity contribution in [1.82, 2.24) is 10.2 Å². The Balaban J connectivity index is 1.38. The zero-order valence-electron chi connectivity index (χ0n) is 17.0. The maximum absolute atomic E-state index is 13.0. The second kappa shape index (κ2) is 9.54. The molecule has 5 nitrogen and oxygen atoms in total. The fourth-order valence-electron chi connectivity index (χ4n) is 3.64. The van der Waals surface area contributed by atoms with Crippen molar-refractivity contribution >= 4 is 17.6 Å². The van der Waals surface area contributed by atoms with Crippen molar-refractivity contribution in [1.29, 1.82) is 0 Å². The second-order valence-corrected chi connectivity index (χ2v) is 7.66. The molecule has 0 saturated carbocycles. The monoisotopic (exact) mass is 397 g/mol. The van der Waals surface area contributed by atoms with Crippen LogP contribution in [0.1, 0.15) is 40.7 Å². The second-order valence-electron chi connectivity index (χ2n) is 7.66. The molecule has 0 bridgehead atoms. The molecule has 154 valence electrons. The molecule has 0 unspecified atom stereocenters. The van der Waals surface area contributed by atoms with Crippen LogP contribution in [0.2, 0.25) is 0 Å². The number of benzene rings is 2. The summed E-state index contributed by atoms with van der Waals surface area (Å²) in [7, 11) is 0. The number of halogens is 1. The van der Waals surface area contributed by atoms with Gasteiger partial charge in [-0.05, 0) is 80.5 Å². The van der Waals surface area contributed by atoms with Crippen LogP contribution in [0.4, 0.5) is 14.9 Å². The first-order valence-corrected chi connectivity index (χ1v) is 10.1. The molecule has 1 aliphatic heterocycles.